The molecule has 0 unspecified atom stereocenters. The van der Waals surface area contributed by atoms with Crippen molar-refractivity contribution >= 4 is 28.7 Å². The molecule has 6 heteroatoms. The molecule has 0 saturated heterocycles. The van der Waals surface area contributed by atoms with Crippen LogP contribution in [0.5, 0.6) is 0 Å². The predicted molar refractivity (Wildman–Crippen MR) is 82.5 cm³/mol. The van der Waals surface area contributed by atoms with Gasteiger partial charge in [0.15, 0.2) is 5.11 Å². The maximum Gasteiger partial charge on any atom is 0.418 e. The van der Waals surface area contributed by atoms with Crippen molar-refractivity contribution in [2.75, 3.05) is 10.6 Å². The van der Waals surface area contributed by atoms with Gasteiger partial charge in [-0.3, -0.25) is 0 Å². The summed E-state index contributed by atoms with van der Waals surface area (Å²) in [6.07, 6.45) is -4.43. The molecule has 2 nitrogen and oxygen atoms in total. The molecule has 0 saturated carbocycles. The second-order valence-corrected chi connectivity index (χ2v) is 4.90. The number of aryl methyl sites for hydroxylation is 1. The van der Waals surface area contributed by atoms with Gasteiger partial charge in [0, 0.05) is 5.69 Å². The van der Waals surface area contributed by atoms with Crippen molar-refractivity contribution in [3.05, 3.63) is 59.7 Å². The minimum Gasteiger partial charge on any atom is -0.332 e. The number of halogens is 3. The van der Waals surface area contributed by atoms with Gasteiger partial charge in [-0.15, -0.1) is 0 Å². The minimum absolute atomic E-state index is 0.0739. The molecule has 0 radical (unpaired) electrons. The van der Waals surface area contributed by atoms with E-state index in [-0.39, 0.29) is 10.8 Å². The molecule has 0 aliphatic rings. The molecule has 0 atom stereocenters. The lowest BCUT2D eigenvalue weighted by Crippen LogP contribution is -2.21. The molecule has 2 aromatic rings. The number of hydrogen-bond acceptors (Lipinski definition) is 1. The fourth-order valence-electron chi connectivity index (χ4n) is 1.85. The summed E-state index contributed by atoms with van der Waals surface area (Å²) in [5.74, 6) is 0. The molecule has 0 amide bonds. The van der Waals surface area contributed by atoms with Crippen molar-refractivity contribution in [2.24, 2.45) is 0 Å². The van der Waals surface area contributed by atoms with Crippen LogP contribution in [0.15, 0.2) is 48.5 Å². The van der Waals surface area contributed by atoms with Crippen molar-refractivity contribution in [3.8, 4) is 0 Å². The lowest BCUT2D eigenvalue weighted by molar-refractivity contribution is -0.136. The van der Waals surface area contributed by atoms with Crippen molar-refractivity contribution in [1.29, 1.82) is 0 Å². The Hall–Kier alpha value is -2.08. The van der Waals surface area contributed by atoms with E-state index in [1.165, 1.54) is 18.2 Å². The third-order valence-electron chi connectivity index (χ3n) is 2.76. The predicted octanol–water partition coefficient (Wildman–Crippen LogP) is 4.82. The molecular weight excluding hydrogens is 297 g/mol. The average Bonchev–Trinajstić information content (AvgIpc) is 2.37. The van der Waals surface area contributed by atoms with Crippen LogP contribution in [-0.2, 0) is 6.18 Å². The first-order valence-electron chi connectivity index (χ1n) is 6.17. The van der Waals surface area contributed by atoms with Gasteiger partial charge in [-0.2, -0.15) is 13.2 Å². The molecule has 0 aromatic heterocycles. The number of hydrogen-bond donors (Lipinski definition) is 2. The van der Waals surface area contributed by atoms with Crippen molar-refractivity contribution < 1.29 is 13.2 Å². The van der Waals surface area contributed by atoms with Gasteiger partial charge in [0.05, 0.1) is 11.3 Å². The third kappa shape index (κ3) is 4.19. The number of nitrogens with one attached hydrogen (secondary N) is 2. The lowest BCUT2D eigenvalue weighted by atomic mass is 10.1. The van der Waals surface area contributed by atoms with Gasteiger partial charge in [0.2, 0.25) is 0 Å². The smallest absolute Gasteiger partial charge is 0.332 e. The van der Waals surface area contributed by atoms with E-state index in [2.05, 4.69) is 10.6 Å². The summed E-state index contributed by atoms with van der Waals surface area (Å²) in [5, 5.41) is 5.56. The summed E-state index contributed by atoms with van der Waals surface area (Å²) in [6, 6.07) is 12.6. The Kier molecular flexibility index (Phi) is 4.47. The maximum absolute atomic E-state index is 12.9. The summed E-state index contributed by atoms with van der Waals surface area (Å²) in [6.45, 7) is 1.92. The SMILES string of the molecule is Cc1cccc(NC(=S)Nc2ccccc2C(F)(F)F)c1. The maximum atomic E-state index is 12.9. The summed E-state index contributed by atoms with van der Waals surface area (Å²) in [7, 11) is 0. The van der Waals surface area contributed by atoms with Crippen molar-refractivity contribution in [1.82, 2.24) is 0 Å². The molecule has 110 valence electrons. The Morgan fingerprint density at radius 3 is 2.38 bits per heavy atom. The normalized spacial score (nSPS) is 11.0. The number of benzene rings is 2. The second-order valence-electron chi connectivity index (χ2n) is 4.49. The number of para-hydroxylation sites is 1. The van der Waals surface area contributed by atoms with Gasteiger partial charge >= 0.3 is 6.18 Å². The quantitative estimate of drug-likeness (QED) is 0.777. The van der Waals surface area contributed by atoms with E-state index in [9.17, 15) is 13.2 Å². The monoisotopic (exact) mass is 310 g/mol. The molecule has 0 bridgehead atoms. The van der Waals surface area contributed by atoms with E-state index in [4.69, 9.17) is 12.2 Å². The van der Waals surface area contributed by atoms with E-state index in [0.717, 1.165) is 17.3 Å². The zero-order valence-electron chi connectivity index (χ0n) is 11.2. The molecule has 0 heterocycles. The Labute approximate surface area is 126 Å². The first-order valence-corrected chi connectivity index (χ1v) is 6.58. The number of rotatable bonds is 2. The topological polar surface area (TPSA) is 24.1 Å². The minimum atomic E-state index is -4.43. The van der Waals surface area contributed by atoms with E-state index < -0.39 is 11.7 Å². The van der Waals surface area contributed by atoms with Crippen LogP contribution in [0.3, 0.4) is 0 Å². The van der Waals surface area contributed by atoms with Crippen molar-refractivity contribution in [2.45, 2.75) is 13.1 Å². The molecule has 0 aliphatic heterocycles. The summed E-state index contributed by atoms with van der Waals surface area (Å²) in [5.41, 5.74) is 0.920. The van der Waals surface area contributed by atoms with E-state index in [1.54, 1.807) is 6.07 Å². The van der Waals surface area contributed by atoms with E-state index in [0.29, 0.717) is 0 Å². The molecule has 21 heavy (non-hydrogen) atoms. The second kappa shape index (κ2) is 6.13. The fraction of sp³-hybridized carbons (Fsp3) is 0.133. The number of anilines is 2. The zero-order valence-corrected chi connectivity index (χ0v) is 12.0. The zero-order chi connectivity index (χ0) is 15.5. The van der Waals surface area contributed by atoms with Crippen LogP contribution in [-0.4, -0.2) is 5.11 Å². The van der Waals surface area contributed by atoms with Gasteiger partial charge in [0.1, 0.15) is 0 Å². The summed E-state index contributed by atoms with van der Waals surface area (Å²) in [4.78, 5) is 0. The molecule has 2 rings (SSSR count). The molecule has 0 aliphatic carbocycles. The fourth-order valence-corrected chi connectivity index (χ4v) is 2.07. The van der Waals surface area contributed by atoms with Crippen LogP contribution < -0.4 is 10.6 Å². The molecule has 0 spiro atoms. The lowest BCUT2D eigenvalue weighted by Gasteiger charge is -2.15. The highest BCUT2D eigenvalue weighted by Crippen LogP contribution is 2.34. The third-order valence-corrected chi connectivity index (χ3v) is 2.96. The Morgan fingerprint density at radius 1 is 1.00 bits per heavy atom. The van der Waals surface area contributed by atoms with E-state index >= 15 is 0 Å². The summed E-state index contributed by atoms with van der Waals surface area (Å²) < 4.78 is 38.6. The molecule has 0 fully saturated rings. The Balaban J connectivity index is 2.14. The average molecular weight is 310 g/mol. The van der Waals surface area contributed by atoms with Gasteiger partial charge in [-0.05, 0) is 49.0 Å². The van der Waals surface area contributed by atoms with Crippen LogP contribution in [0, 0.1) is 6.92 Å². The molecule has 2 aromatic carbocycles. The number of alkyl halides is 3. The van der Waals surface area contributed by atoms with Gasteiger partial charge in [-0.25, -0.2) is 0 Å². The largest absolute Gasteiger partial charge is 0.418 e. The highest BCUT2D eigenvalue weighted by Gasteiger charge is 2.33. The van der Waals surface area contributed by atoms with Crippen LogP contribution in [0.1, 0.15) is 11.1 Å². The highest BCUT2D eigenvalue weighted by atomic mass is 32.1. The Morgan fingerprint density at radius 2 is 1.71 bits per heavy atom. The van der Waals surface area contributed by atoms with Gasteiger partial charge < -0.3 is 10.6 Å². The van der Waals surface area contributed by atoms with Gasteiger partial charge in [0.25, 0.3) is 0 Å². The summed E-state index contributed by atoms with van der Waals surface area (Å²) >= 11 is 5.05. The van der Waals surface area contributed by atoms with Crippen LogP contribution in [0.4, 0.5) is 24.5 Å². The first-order chi connectivity index (χ1) is 9.86. The van der Waals surface area contributed by atoms with Crippen LogP contribution in [0.25, 0.3) is 0 Å². The van der Waals surface area contributed by atoms with Gasteiger partial charge in [-0.1, -0.05) is 24.3 Å². The Bertz CT molecular complexity index is 653. The highest BCUT2D eigenvalue weighted by molar-refractivity contribution is 7.80. The van der Waals surface area contributed by atoms with Crippen LogP contribution >= 0.6 is 12.2 Å². The molecular formula is C15H13F3N2S. The first kappa shape index (κ1) is 15.3. The number of thiocarbonyl (C=S) groups is 1. The molecule has 2 N–H and O–H groups in total. The standard InChI is InChI=1S/C15H13F3N2S/c1-10-5-4-6-11(9-10)19-14(21)20-13-8-3-2-7-12(13)15(16,17)18/h2-9H,1H3,(H2,19,20,21). The van der Waals surface area contributed by atoms with Crippen LogP contribution in [0.2, 0.25) is 0 Å². The van der Waals surface area contributed by atoms with E-state index in [1.807, 2.05) is 25.1 Å². The van der Waals surface area contributed by atoms with Crippen molar-refractivity contribution in [3.63, 3.8) is 0 Å².